The van der Waals surface area contributed by atoms with Crippen LogP contribution >= 0.6 is 0 Å². The quantitative estimate of drug-likeness (QED) is 0.211. The van der Waals surface area contributed by atoms with E-state index in [2.05, 4.69) is 10.6 Å². The van der Waals surface area contributed by atoms with Crippen LogP contribution in [0.2, 0.25) is 0 Å². The number of ether oxygens (including phenoxy) is 1. The maximum Gasteiger partial charge on any atom is 1.00 e. The molecule has 5 nitrogen and oxygen atoms in total. The van der Waals surface area contributed by atoms with Crippen LogP contribution in [0.15, 0.2) is 42.1 Å². The van der Waals surface area contributed by atoms with E-state index >= 15 is 0 Å². The number of rotatable bonds is 6. The fourth-order valence-corrected chi connectivity index (χ4v) is 2.11. The number of benzene rings is 1. The average molecular weight is 310 g/mol. The Bertz CT molecular complexity index is 499. The molecule has 112 valence electrons. The smallest absolute Gasteiger partial charge is 0.438 e. The van der Waals surface area contributed by atoms with Crippen molar-refractivity contribution in [3.05, 3.63) is 47.7 Å². The monoisotopic (exact) mass is 310 g/mol. The summed E-state index contributed by atoms with van der Waals surface area (Å²) in [5.41, 5.74) is 1.06. The molecular weight excluding hydrogens is 291 g/mol. The van der Waals surface area contributed by atoms with Gasteiger partial charge in [0, 0.05) is 25.8 Å². The molecule has 1 aliphatic heterocycles. The Balaban J connectivity index is 0.00000242. The van der Waals surface area contributed by atoms with Crippen LogP contribution in [0.5, 0.6) is 0 Å². The third kappa shape index (κ3) is 6.32. The summed E-state index contributed by atoms with van der Waals surface area (Å²) in [6, 6.07) is 9.81. The topological polar surface area (TPSA) is 67.4 Å². The number of carbonyl (C=O) groups is 1. The Kier molecular flexibility index (Phi) is 9.08. The van der Waals surface area contributed by atoms with Crippen LogP contribution in [0.25, 0.3) is 0 Å². The summed E-state index contributed by atoms with van der Waals surface area (Å²) in [6.45, 7) is 1.83. The van der Waals surface area contributed by atoms with Crippen molar-refractivity contribution in [3.63, 3.8) is 0 Å². The summed E-state index contributed by atoms with van der Waals surface area (Å²) in [5.74, 6) is -0.391. The largest absolute Gasteiger partial charge is 1.00 e. The first-order chi connectivity index (χ1) is 10.3. The Morgan fingerprint density at radius 3 is 2.59 bits per heavy atom. The normalized spacial score (nSPS) is 15.5. The SMILES string of the molecule is O=[C-]/C(=C\NCc1ccccc1)C(=O)NC1CCOCC1.[Na+]. The molecule has 6 heteroatoms. The van der Waals surface area contributed by atoms with Crippen molar-refractivity contribution in [2.45, 2.75) is 25.4 Å². The zero-order valence-electron chi connectivity index (χ0n) is 12.8. The predicted octanol–water partition coefficient (Wildman–Crippen LogP) is -1.93. The van der Waals surface area contributed by atoms with Gasteiger partial charge in [-0.15, -0.1) is 0 Å². The van der Waals surface area contributed by atoms with E-state index in [0.717, 1.165) is 18.4 Å². The van der Waals surface area contributed by atoms with Gasteiger partial charge in [0.2, 0.25) is 0 Å². The van der Waals surface area contributed by atoms with E-state index in [1.165, 1.54) is 6.20 Å². The van der Waals surface area contributed by atoms with E-state index < -0.39 is 5.91 Å². The number of hydrogen-bond donors (Lipinski definition) is 2. The second kappa shape index (κ2) is 10.6. The molecule has 0 unspecified atom stereocenters. The predicted molar refractivity (Wildman–Crippen MR) is 79.0 cm³/mol. The molecule has 1 saturated heterocycles. The molecule has 2 rings (SSSR count). The maximum atomic E-state index is 12.0. The number of amides is 1. The molecule has 0 atom stereocenters. The summed E-state index contributed by atoms with van der Waals surface area (Å²) in [4.78, 5) is 22.9. The van der Waals surface area contributed by atoms with Crippen LogP contribution in [0.3, 0.4) is 0 Å². The van der Waals surface area contributed by atoms with Crippen molar-refractivity contribution in [1.82, 2.24) is 10.6 Å². The van der Waals surface area contributed by atoms with Crippen molar-refractivity contribution < 1.29 is 43.9 Å². The minimum atomic E-state index is -0.391. The van der Waals surface area contributed by atoms with E-state index in [4.69, 9.17) is 4.74 Å². The van der Waals surface area contributed by atoms with Crippen LogP contribution in [0.1, 0.15) is 18.4 Å². The summed E-state index contributed by atoms with van der Waals surface area (Å²) < 4.78 is 5.23. The van der Waals surface area contributed by atoms with Crippen molar-refractivity contribution in [3.8, 4) is 0 Å². The van der Waals surface area contributed by atoms with E-state index in [-0.39, 0.29) is 41.2 Å². The van der Waals surface area contributed by atoms with Gasteiger partial charge in [-0.3, -0.25) is 0 Å². The molecule has 1 aromatic rings. The fraction of sp³-hybridized carbons (Fsp3) is 0.375. The third-order valence-electron chi connectivity index (χ3n) is 3.31. The Labute approximate surface area is 152 Å². The molecule has 2 N–H and O–H groups in total. The molecule has 0 spiro atoms. The Morgan fingerprint density at radius 1 is 1.27 bits per heavy atom. The van der Waals surface area contributed by atoms with E-state index in [9.17, 15) is 9.59 Å². The molecule has 22 heavy (non-hydrogen) atoms. The van der Waals surface area contributed by atoms with E-state index in [1.807, 2.05) is 30.3 Å². The third-order valence-corrected chi connectivity index (χ3v) is 3.31. The summed E-state index contributed by atoms with van der Waals surface area (Å²) >= 11 is 0. The first-order valence-corrected chi connectivity index (χ1v) is 7.04. The van der Waals surface area contributed by atoms with Crippen molar-refractivity contribution >= 4 is 12.2 Å². The molecule has 0 aromatic heterocycles. The Hall–Kier alpha value is -1.14. The second-order valence-corrected chi connectivity index (χ2v) is 4.89. The first-order valence-electron chi connectivity index (χ1n) is 7.04. The van der Waals surface area contributed by atoms with Crippen LogP contribution in [0.4, 0.5) is 0 Å². The first kappa shape index (κ1) is 18.9. The van der Waals surface area contributed by atoms with E-state index in [0.29, 0.717) is 19.8 Å². The Morgan fingerprint density at radius 2 is 1.95 bits per heavy atom. The maximum absolute atomic E-state index is 12.0. The van der Waals surface area contributed by atoms with Crippen LogP contribution in [0, 0.1) is 0 Å². The molecule has 1 aliphatic rings. The molecule has 0 radical (unpaired) electrons. The minimum Gasteiger partial charge on any atom is -0.438 e. The van der Waals surface area contributed by atoms with Gasteiger partial charge in [0.15, 0.2) is 0 Å². The molecular formula is C16H19N2NaO3. The van der Waals surface area contributed by atoms with Crippen molar-refractivity contribution in [1.29, 1.82) is 0 Å². The molecule has 1 aromatic carbocycles. The van der Waals surface area contributed by atoms with Gasteiger partial charge in [-0.1, -0.05) is 42.1 Å². The molecule has 1 fully saturated rings. The molecule has 0 aliphatic carbocycles. The molecule has 0 saturated carbocycles. The van der Waals surface area contributed by atoms with Crippen molar-refractivity contribution in [2.24, 2.45) is 0 Å². The van der Waals surface area contributed by atoms with Gasteiger partial charge < -0.3 is 25.0 Å². The van der Waals surface area contributed by atoms with Gasteiger partial charge in [-0.25, -0.2) is 0 Å². The number of nitrogens with one attached hydrogen (secondary N) is 2. The van der Waals surface area contributed by atoms with Gasteiger partial charge in [-0.2, -0.15) is 0 Å². The zero-order valence-corrected chi connectivity index (χ0v) is 14.8. The van der Waals surface area contributed by atoms with Crippen LogP contribution < -0.4 is 40.2 Å². The van der Waals surface area contributed by atoms with Gasteiger partial charge in [0.1, 0.15) is 5.91 Å². The number of hydrogen-bond acceptors (Lipinski definition) is 4. The van der Waals surface area contributed by atoms with Gasteiger partial charge in [0.05, 0.1) is 6.29 Å². The molecule has 1 amide bonds. The summed E-state index contributed by atoms with van der Waals surface area (Å²) in [6.07, 6.45) is 4.64. The summed E-state index contributed by atoms with van der Waals surface area (Å²) in [7, 11) is 0. The van der Waals surface area contributed by atoms with Gasteiger partial charge >= 0.3 is 29.6 Å². The van der Waals surface area contributed by atoms with Crippen LogP contribution in [-0.4, -0.2) is 31.4 Å². The van der Waals surface area contributed by atoms with Gasteiger partial charge in [0.25, 0.3) is 0 Å². The van der Waals surface area contributed by atoms with Crippen molar-refractivity contribution in [2.75, 3.05) is 13.2 Å². The second-order valence-electron chi connectivity index (χ2n) is 4.89. The number of carbonyl (C=O) groups excluding carboxylic acids is 2. The standard InChI is InChI=1S/C16H19N2O3.Na/c19-12-14(11-17-10-13-4-2-1-3-5-13)16(20)18-15-6-8-21-9-7-15;/h1-5,11,15,17H,6-10H2,(H,18,20);/q-1;+1/b14-11+;. The minimum absolute atomic E-state index is 0. The fourth-order valence-electron chi connectivity index (χ4n) is 2.11. The molecule has 0 bridgehead atoms. The van der Waals surface area contributed by atoms with Crippen LogP contribution in [-0.2, 0) is 20.9 Å². The van der Waals surface area contributed by atoms with Gasteiger partial charge in [-0.05, 0) is 18.4 Å². The summed E-state index contributed by atoms with van der Waals surface area (Å²) in [5, 5.41) is 5.79. The van der Waals surface area contributed by atoms with E-state index in [1.54, 1.807) is 6.29 Å². The molecule has 1 heterocycles. The average Bonchev–Trinajstić information content (AvgIpc) is 2.53. The zero-order chi connectivity index (χ0) is 14.9.